The lowest BCUT2D eigenvalue weighted by molar-refractivity contribution is 0.672. The molecule has 2 heteroatoms. The van der Waals surface area contributed by atoms with Gasteiger partial charge in [-0.25, -0.2) is 0 Å². The van der Waals surface area contributed by atoms with E-state index in [0.29, 0.717) is 16.9 Å². The predicted octanol–water partition coefficient (Wildman–Crippen LogP) is 17.2. The molecule has 0 aliphatic carbocycles. The highest BCUT2D eigenvalue weighted by molar-refractivity contribution is 6.15. The molecule has 2 nitrogen and oxygen atoms in total. The van der Waals surface area contributed by atoms with Crippen LogP contribution in [-0.2, 0) is 0 Å². The number of anilines is 3. The average Bonchev–Trinajstić information content (AvgIpc) is 3.76. The standard InChI is InChI=1S/C60H39NO/c1-3-15-50-42(11-1)13-9-19-52(50)44-25-23-40(24-26-44)41-29-34-48(35-30-41)61(49-36-31-45(32-37-49)53-20-10-14-43-12-2-4-16-51(43)53)58-21-7-5-17-54(58)47-28-27-46-33-38-56-55-18-6-8-22-59(55)62-60(56)57(46)39-47/h1-39H/i29D,30D,34D,35D. The first-order valence-electron chi connectivity index (χ1n) is 22.9. The van der Waals surface area contributed by atoms with Crippen molar-refractivity contribution in [3.63, 3.8) is 0 Å². The molecule has 62 heavy (non-hydrogen) atoms. The summed E-state index contributed by atoms with van der Waals surface area (Å²) in [7, 11) is 0. The molecule has 11 aromatic carbocycles. The van der Waals surface area contributed by atoms with Crippen molar-refractivity contribution in [2.75, 3.05) is 4.90 Å². The normalized spacial score (nSPS) is 12.5. The molecule has 0 amide bonds. The van der Waals surface area contributed by atoms with Crippen molar-refractivity contribution in [1.29, 1.82) is 0 Å². The van der Waals surface area contributed by atoms with Gasteiger partial charge in [-0.1, -0.05) is 188 Å². The molecule has 1 aromatic heterocycles. The second kappa shape index (κ2) is 14.8. The van der Waals surface area contributed by atoms with E-state index in [1.54, 1.807) is 0 Å². The molecular formula is C60H39NO. The first-order chi connectivity index (χ1) is 32.4. The molecule has 0 fully saturated rings. The van der Waals surface area contributed by atoms with Gasteiger partial charge in [-0.2, -0.15) is 0 Å². The number of nitrogens with zero attached hydrogens (tertiary/aromatic N) is 1. The molecule has 0 bridgehead atoms. The van der Waals surface area contributed by atoms with Crippen molar-refractivity contribution in [3.05, 3.63) is 236 Å². The Morgan fingerprint density at radius 1 is 0.323 bits per heavy atom. The van der Waals surface area contributed by atoms with Crippen LogP contribution in [0.25, 0.3) is 98.8 Å². The fourth-order valence-electron chi connectivity index (χ4n) is 9.09. The summed E-state index contributed by atoms with van der Waals surface area (Å²) in [4.78, 5) is 1.89. The van der Waals surface area contributed by atoms with E-state index in [4.69, 9.17) is 4.42 Å². The molecule has 0 atom stereocenters. The van der Waals surface area contributed by atoms with Gasteiger partial charge in [-0.05, 0) is 114 Å². The number of hydrogen-bond acceptors (Lipinski definition) is 2. The van der Waals surface area contributed by atoms with Crippen molar-refractivity contribution in [2.24, 2.45) is 0 Å². The molecule has 0 saturated heterocycles. The van der Waals surface area contributed by atoms with Gasteiger partial charge in [0.05, 0.1) is 11.2 Å². The summed E-state index contributed by atoms with van der Waals surface area (Å²) in [5, 5.41) is 8.70. The van der Waals surface area contributed by atoms with Crippen molar-refractivity contribution >= 4 is 71.3 Å². The zero-order valence-corrected chi connectivity index (χ0v) is 33.6. The summed E-state index contributed by atoms with van der Waals surface area (Å²) in [5.41, 5.74) is 10.1. The summed E-state index contributed by atoms with van der Waals surface area (Å²) >= 11 is 0. The SMILES string of the molecule is [2H]c1c([2H])c(N(c2ccc(-c3cccc4ccccc34)cc2)c2ccccc2-c2ccc3ccc4c5ccccc5oc4c3c2)c([2H])c([2H])c1-c1ccc(-c2cccc3ccccc23)cc1. The predicted molar refractivity (Wildman–Crippen MR) is 263 cm³/mol. The molecule has 12 rings (SSSR count). The first kappa shape index (κ1) is 31.7. The Kier molecular flexibility index (Phi) is 7.57. The van der Waals surface area contributed by atoms with Crippen LogP contribution in [0.5, 0.6) is 0 Å². The zero-order chi connectivity index (χ0) is 44.5. The number of para-hydroxylation sites is 2. The summed E-state index contributed by atoms with van der Waals surface area (Å²) in [6.45, 7) is 0. The minimum absolute atomic E-state index is 0.114. The van der Waals surface area contributed by atoms with Gasteiger partial charge in [0.15, 0.2) is 0 Å². The molecule has 290 valence electrons. The van der Waals surface area contributed by atoms with Crippen molar-refractivity contribution in [2.45, 2.75) is 0 Å². The lowest BCUT2D eigenvalue weighted by Crippen LogP contribution is -2.11. The third-order valence-corrected chi connectivity index (χ3v) is 12.2. The van der Waals surface area contributed by atoms with Crippen LogP contribution in [0.15, 0.2) is 241 Å². The van der Waals surface area contributed by atoms with Crippen LogP contribution in [0, 0.1) is 0 Å². The molecule has 0 unspecified atom stereocenters. The molecule has 0 radical (unpaired) electrons. The lowest BCUT2D eigenvalue weighted by Gasteiger charge is -2.28. The maximum atomic E-state index is 9.77. The molecule has 12 aromatic rings. The molecule has 0 spiro atoms. The Labute approximate surface area is 365 Å². The van der Waals surface area contributed by atoms with E-state index in [1.165, 1.54) is 0 Å². The van der Waals surface area contributed by atoms with Gasteiger partial charge in [0.1, 0.15) is 11.2 Å². The van der Waals surface area contributed by atoms with Crippen LogP contribution in [0.2, 0.25) is 0 Å². The van der Waals surface area contributed by atoms with Gasteiger partial charge in [0.2, 0.25) is 0 Å². The minimum Gasteiger partial charge on any atom is -0.455 e. The van der Waals surface area contributed by atoms with Gasteiger partial charge in [-0.3, -0.25) is 0 Å². The summed E-state index contributed by atoms with van der Waals surface area (Å²) in [5.74, 6) is 0. The molecule has 0 aliphatic rings. The first-order valence-corrected chi connectivity index (χ1v) is 20.9. The molecule has 1 heterocycles. The molecule has 0 N–H and O–H groups in total. The lowest BCUT2D eigenvalue weighted by atomic mass is 9.96. The number of fused-ring (bicyclic) bond motifs is 7. The summed E-state index contributed by atoms with van der Waals surface area (Å²) in [6.07, 6.45) is 0. The number of rotatable bonds is 7. The third-order valence-electron chi connectivity index (χ3n) is 12.2. The summed E-state index contributed by atoms with van der Waals surface area (Å²) in [6, 6.07) is 71.3. The summed E-state index contributed by atoms with van der Waals surface area (Å²) < 4.78 is 45.2. The van der Waals surface area contributed by atoms with Gasteiger partial charge >= 0.3 is 0 Å². The van der Waals surface area contributed by atoms with E-state index < -0.39 is 0 Å². The van der Waals surface area contributed by atoms with Gasteiger partial charge in [0, 0.05) is 33.1 Å². The second-order valence-electron chi connectivity index (χ2n) is 15.7. The number of furan rings is 1. The Morgan fingerprint density at radius 3 is 1.55 bits per heavy atom. The van der Waals surface area contributed by atoms with Gasteiger partial charge in [0.25, 0.3) is 0 Å². The Balaban J connectivity index is 1.03. The monoisotopic (exact) mass is 793 g/mol. The fourth-order valence-corrected chi connectivity index (χ4v) is 9.09. The highest BCUT2D eigenvalue weighted by atomic mass is 16.3. The maximum absolute atomic E-state index is 9.77. The Bertz CT molecular complexity index is 3830. The zero-order valence-electron chi connectivity index (χ0n) is 37.6. The number of benzene rings is 11. The van der Waals surface area contributed by atoms with E-state index in [-0.39, 0.29) is 35.4 Å². The van der Waals surface area contributed by atoms with E-state index in [9.17, 15) is 5.48 Å². The van der Waals surface area contributed by atoms with Gasteiger partial charge in [-0.15, -0.1) is 0 Å². The van der Waals surface area contributed by atoms with Crippen LogP contribution < -0.4 is 4.90 Å². The average molecular weight is 794 g/mol. The highest BCUT2D eigenvalue weighted by Gasteiger charge is 2.19. The van der Waals surface area contributed by atoms with Crippen molar-refractivity contribution < 1.29 is 9.90 Å². The molecule has 0 saturated carbocycles. The van der Waals surface area contributed by atoms with Crippen LogP contribution in [0.4, 0.5) is 17.1 Å². The van der Waals surface area contributed by atoms with Crippen LogP contribution in [-0.4, -0.2) is 0 Å². The van der Waals surface area contributed by atoms with Crippen molar-refractivity contribution in [1.82, 2.24) is 0 Å². The number of hydrogen-bond donors (Lipinski definition) is 0. The molecular weight excluding hydrogens is 751 g/mol. The van der Waals surface area contributed by atoms with Crippen LogP contribution in [0.3, 0.4) is 0 Å². The van der Waals surface area contributed by atoms with E-state index in [1.807, 2.05) is 102 Å². The quantitative estimate of drug-likeness (QED) is 0.160. The Morgan fingerprint density at radius 2 is 0.839 bits per heavy atom. The minimum atomic E-state index is -0.139. The maximum Gasteiger partial charge on any atom is 0.143 e. The smallest absolute Gasteiger partial charge is 0.143 e. The van der Waals surface area contributed by atoms with Crippen LogP contribution >= 0.6 is 0 Å². The topological polar surface area (TPSA) is 16.4 Å². The van der Waals surface area contributed by atoms with E-state index >= 15 is 0 Å². The highest BCUT2D eigenvalue weighted by Crippen LogP contribution is 2.44. The fraction of sp³-hybridized carbons (Fsp3) is 0. The third kappa shape index (κ3) is 6.12. The van der Waals surface area contributed by atoms with Crippen molar-refractivity contribution in [3.8, 4) is 44.5 Å². The Hall–Kier alpha value is -8.20. The van der Waals surface area contributed by atoms with Gasteiger partial charge < -0.3 is 9.32 Å². The van der Waals surface area contributed by atoms with E-state index in [0.717, 1.165) is 87.6 Å². The molecule has 0 aliphatic heterocycles. The second-order valence-corrected chi connectivity index (χ2v) is 15.7. The van der Waals surface area contributed by atoms with E-state index in [2.05, 4.69) is 115 Å². The largest absolute Gasteiger partial charge is 0.455 e. The van der Waals surface area contributed by atoms with Crippen LogP contribution in [0.1, 0.15) is 5.48 Å².